The molecule has 22 heavy (non-hydrogen) atoms. The van der Waals surface area contributed by atoms with E-state index >= 15 is 0 Å². The summed E-state index contributed by atoms with van der Waals surface area (Å²) in [5.41, 5.74) is 1.04. The molecule has 0 radical (unpaired) electrons. The number of nitrogens with one attached hydrogen (secondary N) is 1. The largest absolute Gasteiger partial charge is 0.295 e. The first-order valence-electron chi connectivity index (χ1n) is 6.92. The van der Waals surface area contributed by atoms with Crippen LogP contribution >= 0.6 is 11.3 Å². The van der Waals surface area contributed by atoms with Gasteiger partial charge in [0.2, 0.25) is 5.13 Å². The Balaban J connectivity index is 1.49. The van der Waals surface area contributed by atoms with E-state index in [0.717, 1.165) is 23.5 Å². The van der Waals surface area contributed by atoms with Crippen LogP contribution in [0.25, 0.3) is 5.69 Å². The average molecular weight is 312 g/mol. The summed E-state index contributed by atoms with van der Waals surface area (Å²) in [5.74, 6) is 0.197. The summed E-state index contributed by atoms with van der Waals surface area (Å²) < 4.78 is 0. The number of amides is 1. The Labute approximate surface area is 130 Å². The maximum atomic E-state index is 12.2. The van der Waals surface area contributed by atoms with E-state index < -0.39 is 0 Å². The molecular weight excluding hydrogens is 300 g/mol. The molecule has 1 aliphatic carbocycles. The lowest BCUT2D eigenvalue weighted by atomic mass is 10.3. The van der Waals surface area contributed by atoms with Crippen LogP contribution < -0.4 is 5.32 Å². The summed E-state index contributed by atoms with van der Waals surface area (Å²) in [6.45, 7) is 0. The van der Waals surface area contributed by atoms with E-state index in [-0.39, 0.29) is 11.6 Å². The minimum Gasteiger partial charge on any atom is -0.295 e. The molecule has 1 saturated carbocycles. The molecule has 8 heteroatoms. The molecular formula is C14H12N6OS. The number of anilines is 1. The zero-order chi connectivity index (χ0) is 14.9. The molecule has 1 N–H and O–H groups in total. The summed E-state index contributed by atoms with van der Waals surface area (Å²) in [5, 5.41) is 20.6. The molecule has 1 aliphatic rings. The van der Waals surface area contributed by atoms with E-state index in [1.54, 1.807) is 0 Å². The molecule has 0 bridgehead atoms. The highest BCUT2D eigenvalue weighted by molar-refractivity contribution is 7.15. The van der Waals surface area contributed by atoms with Gasteiger partial charge >= 0.3 is 0 Å². The van der Waals surface area contributed by atoms with Gasteiger partial charge in [-0.15, -0.1) is 15.3 Å². The lowest BCUT2D eigenvalue weighted by molar-refractivity contribution is 0.102. The van der Waals surface area contributed by atoms with Gasteiger partial charge in [-0.2, -0.15) is 9.90 Å². The van der Waals surface area contributed by atoms with Crippen LogP contribution in [0.2, 0.25) is 0 Å². The molecule has 4 rings (SSSR count). The SMILES string of the molecule is O=C(Nc1nnc(C2CC2)s1)c1cnn(-c2ccccc2)n1. The second kappa shape index (κ2) is 5.30. The van der Waals surface area contributed by atoms with Crippen molar-refractivity contribution in [2.45, 2.75) is 18.8 Å². The summed E-state index contributed by atoms with van der Waals surface area (Å²) in [6, 6.07) is 9.42. The molecule has 2 heterocycles. The van der Waals surface area contributed by atoms with E-state index in [0.29, 0.717) is 11.0 Å². The molecule has 0 atom stereocenters. The number of carbonyl (C=O) groups excluding carboxylic acids is 1. The van der Waals surface area contributed by atoms with Gasteiger partial charge in [-0.05, 0) is 25.0 Å². The summed E-state index contributed by atoms with van der Waals surface area (Å²) >= 11 is 1.42. The van der Waals surface area contributed by atoms with E-state index in [2.05, 4.69) is 25.7 Å². The first-order chi connectivity index (χ1) is 10.8. The van der Waals surface area contributed by atoms with Gasteiger partial charge in [-0.3, -0.25) is 10.1 Å². The van der Waals surface area contributed by atoms with Crippen LogP contribution in [0, 0.1) is 0 Å². The Morgan fingerprint density at radius 2 is 2.05 bits per heavy atom. The molecule has 7 nitrogen and oxygen atoms in total. The van der Waals surface area contributed by atoms with Gasteiger partial charge in [0, 0.05) is 5.92 Å². The number of carbonyl (C=O) groups is 1. The van der Waals surface area contributed by atoms with E-state index in [9.17, 15) is 4.79 Å². The Hall–Kier alpha value is -2.61. The minimum absolute atomic E-state index is 0.243. The standard InChI is InChI=1S/C14H12N6OS/c21-12(16-14-18-17-13(22-14)9-6-7-9)11-8-15-20(19-11)10-4-2-1-3-5-10/h1-5,8-9H,6-7H2,(H,16,18,21). The molecule has 3 aromatic rings. The van der Waals surface area contributed by atoms with Crippen molar-refractivity contribution < 1.29 is 4.79 Å². The second-order valence-corrected chi connectivity index (χ2v) is 6.04. The molecule has 1 aromatic carbocycles. The van der Waals surface area contributed by atoms with Gasteiger partial charge in [0.25, 0.3) is 5.91 Å². The van der Waals surface area contributed by atoms with Crippen LogP contribution in [0.15, 0.2) is 36.5 Å². The molecule has 0 aliphatic heterocycles. The predicted octanol–water partition coefficient (Wildman–Crippen LogP) is 2.25. The summed E-state index contributed by atoms with van der Waals surface area (Å²) in [7, 11) is 0. The maximum Gasteiger partial charge on any atom is 0.279 e. The smallest absolute Gasteiger partial charge is 0.279 e. The summed E-state index contributed by atoms with van der Waals surface area (Å²) in [4.78, 5) is 13.6. The van der Waals surface area contributed by atoms with Crippen molar-refractivity contribution >= 4 is 22.4 Å². The van der Waals surface area contributed by atoms with Gasteiger partial charge in [-0.25, -0.2) is 0 Å². The third-order valence-electron chi connectivity index (χ3n) is 3.30. The fourth-order valence-corrected chi connectivity index (χ4v) is 2.90. The van der Waals surface area contributed by atoms with Gasteiger partial charge in [0.1, 0.15) is 5.01 Å². The van der Waals surface area contributed by atoms with Crippen molar-refractivity contribution in [1.29, 1.82) is 0 Å². The third kappa shape index (κ3) is 2.60. The molecule has 1 fully saturated rings. The van der Waals surface area contributed by atoms with Crippen LogP contribution in [0.4, 0.5) is 5.13 Å². The monoisotopic (exact) mass is 312 g/mol. The number of nitrogens with zero attached hydrogens (tertiary/aromatic N) is 5. The van der Waals surface area contributed by atoms with E-state index in [1.165, 1.54) is 22.3 Å². The number of hydrogen-bond acceptors (Lipinski definition) is 6. The normalized spacial score (nSPS) is 14.0. The van der Waals surface area contributed by atoms with Crippen LogP contribution in [-0.4, -0.2) is 31.1 Å². The Kier molecular flexibility index (Phi) is 3.15. The highest BCUT2D eigenvalue weighted by Crippen LogP contribution is 2.42. The first-order valence-corrected chi connectivity index (χ1v) is 7.74. The highest BCUT2D eigenvalue weighted by Gasteiger charge is 2.28. The van der Waals surface area contributed by atoms with Crippen molar-refractivity contribution in [1.82, 2.24) is 25.2 Å². The predicted molar refractivity (Wildman–Crippen MR) is 81.2 cm³/mol. The zero-order valence-electron chi connectivity index (χ0n) is 11.5. The summed E-state index contributed by atoms with van der Waals surface area (Å²) in [6.07, 6.45) is 3.76. The van der Waals surface area contributed by atoms with Crippen LogP contribution in [0.3, 0.4) is 0 Å². The second-order valence-electron chi connectivity index (χ2n) is 5.03. The quantitative estimate of drug-likeness (QED) is 0.798. The number of rotatable bonds is 4. The molecule has 0 saturated heterocycles. The highest BCUT2D eigenvalue weighted by atomic mass is 32.1. The number of para-hydroxylation sites is 1. The first kappa shape index (κ1) is 13.1. The van der Waals surface area contributed by atoms with Gasteiger partial charge in [-0.1, -0.05) is 29.5 Å². The Bertz CT molecular complexity index is 808. The third-order valence-corrected chi connectivity index (χ3v) is 4.30. The van der Waals surface area contributed by atoms with Gasteiger partial charge in [0.05, 0.1) is 11.9 Å². The molecule has 2 aromatic heterocycles. The lowest BCUT2D eigenvalue weighted by Crippen LogP contribution is -2.13. The number of benzene rings is 1. The molecule has 1 amide bonds. The molecule has 110 valence electrons. The molecule has 0 unspecified atom stereocenters. The topological polar surface area (TPSA) is 85.6 Å². The Morgan fingerprint density at radius 3 is 2.82 bits per heavy atom. The van der Waals surface area contributed by atoms with Gasteiger partial charge in [0.15, 0.2) is 5.69 Å². The minimum atomic E-state index is -0.333. The van der Waals surface area contributed by atoms with Crippen molar-refractivity contribution in [3.8, 4) is 5.69 Å². The van der Waals surface area contributed by atoms with Crippen LogP contribution in [0.1, 0.15) is 34.3 Å². The van der Waals surface area contributed by atoms with E-state index in [4.69, 9.17) is 0 Å². The fraction of sp³-hybridized carbons (Fsp3) is 0.214. The number of aromatic nitrogens is 5. The van der Waals surface area contributed by atoms with Gasteiger partial charge < -0.3 is 0 Å². The van der Waals surface area contributed by atoms with E-state index in [1.807, 2.05) is 30.3 Å². The van der Waals surface area contributed by atoms with Crippen molar-refractivity contribution in [2.75, 3.05) is 5.32 Å². The lowest BCUT2D eigenvalue weighted by Gasteiger charge is -1.98. The van der Waals surface area contributed by atoms with Crippen molar-refractivity contribution in [2.24, 2.45) is 0 Å². The zero-order valence-corrected chi connectivity index (χ0v) is 12.3. The van der Waals surface area contributed by atoms with Crippen molar-refractivity contribution in [3.05, 3.63) is 47.2 Å². The molecule has 0 spiro atoms. The number of hydrogen-bond donors (Lipinski definition) is 1. The van der Waals surface area contributed by atoms with Crippen molar-refractivity contribution in [3.63, 3.8) is 0 Å². The van der Waals surface area contributed by atoms with Crippen LogP contribution in [0.5, 0.6) is 0 Å². The Morgan fingerprint density at radius 1 is 1.23 bits per heavy atom. The fourth-order valence-electron chi connectivity index (χ4n) is 1.99. The average Bonchev–Trinajstić information content (AvgIpc) is 3.10. The van der Waals surface area contributed by atoms with Crippen LogP contribution in [-0.2, 0) is 0 Å². The maximum absolute atomic E-state index is 12.2.